The number of carbonyl (C=O) groups excluding carboxylic acids is 4. The Kier molecular flexibility index (Phi) is 7.88. The van der Waals surface area contributed by atoms with Crippen LogP contribution in [0.2, 0.25) is 0 Å². The number of nitrogen functional groups attached to an aromatic ring is 1. The molecule has 4 rings (SSSR count). The summed E-state index contributed by atoms with van der Waals surface area (Å²) in [5.41, 5.74) is 5.89. The van der Waals surface area contributed by atoms with Crippen LogP contribution < -0.4 is 45.7 Å². The molecule has 0 spiro atoms. The minimum absolute atomic E-state index is 0. The van der Waals surface area contributed by atoms with E-state index in [1.54, 1.807) is 6.92 Å². The number of aromatic nitrogens is 1. The maximum atomic E-state index is 12.8. The molecule has 1 aromatic heterocycles. The molecule has 0 unspecified atom stereocenters. The van der Waals surface area contributed by atoms with E-state index in [1.807, 2.05) is 0 Å². The second-order valence-electron chi connectivity index (χ2n) is 6.98. The van der Waals surface area contributed by atoms with Gasteiger partial charge < -0.3 is 30.5 Å². The summed E-state index contributed by atoms with van der Waals surface area (Å²) in [6.45, 7) is 1.57. The van der Waals surface area contributed by atoms with Gasteiger partial charge in [-0.15, -0.1) is 23.1 Å². The van der Waals surface area contributed by atoms with E-state index in [1.165, 1.54) is 36.4 Å². The zero-order valence-electron chi connectivity index (χ0n) is 18.2. The Morgan fingerprint density at radius 1 is 1.44 bits per heavy atom. The van der Waals surface area contributed by atoms with Crippen LogP contribution in [0.1, 0.15) is 12.6 Å². The molecule has 0 aliphatic carbocycles. The van der Waals surface area contributed by atoms with Gasteiger partial charge in [-0.25, -0.2) is 9.78 Å². The average molecular weight is 513 g/mol. The van der Waals surface area contributed by atoms with Gasteiger partial charge >= 0.3 is 35.5 Å². The van der Waals surface area contributed by atoms with Crippen LogP contribution in [-0.2, 0) is 28.8 Å². The van der Waals surface area contributed by atoms with E-state index in [-0.39, 0.29) is 68.9 Å². The maximum Gasteiger partial charge on any atom is 1.00 e. The SMILES string of the molecule is CO/N=C(\C(=O)N[C@@H]1C(=O)N2C(C(=O)[O-])=C(/C=C3\C=C(C)C(=O)O3)CS[C@@H]12)c1csc(N)n1.[Na+]. The summed E-state index contributed by atoms with van der Waals surface area (Å²) >= 11 is 2.34. The molecular formula is C19H16N5NaO7S2. The minimum Gasteiger partial charge on any atom is -0.543 e. The van der Waals surface area contributed by atoms with Crippen LogP contribution in [0.15, 0.2) is 45.3 Å². The molecule has 15 heteroatoms. The van der Waals surface area contributed by atoms with E-state index in [9.17, 15) is 24.3 Å². The number of β-lactam (4-membered cyclic amide) rings is 1. The molecule has 0 aromatic carbocycles. The number of amides is 2. The van der Waals surface area contributed by atoms with Crippen molar-refractivity contribution in [3.8, 4) is 0 Å². The van der Waals surface area contributed by atoms with Gasteiger partial charge in [-0.05, 0) is 24.6 Å². The molecule has 3 aliphatic rings. The van der Waals surface area contributed by atoms with Crippen LogP contribution in [0.25, 0.3) is 0 Å². The van der Waals surface area contributed by atoms with Gasteiger partial charge in [0.2, 0.25) is 0 Å². The van der Waals surface area contributed by atoms with Crippen molar-refractivity contribution in [1.82, 2.24) is 15.2 Å². The fourth-order valence-electron chi connectivity index (χ4n) is 3.38. The third-order valence-corrected chi connectivity index (χ3v) is 6.82. The Morgan fingerprint density at radius 3 is 2.74 bits per heavy atom. The van der Waals surface area contributed by atoms with E-state index in [4.69, 9.17) is 15.3 Å². The summed E-state index contributed by atoms with van der Waals surface area (Å²) in [4.78, 5) is 58.7. The van der Waals surface area contributed by atoms with Crippen LogP contribution in [0.5, 0.6) is 0 Å². The number of anilines is 1. The van der Waals surface area contributed by atoms with Gasteiger partial charge in [0, 0.05) is 16.7 Å². The molecular weight excluding hydrogens is 497 g/mol. The summed E-state index contributed by atoms with van der Waals surface area (Å²) in [6.07, 6.45) is 2.86. The minimum atomic E-state index is -1.56. The molecule has 0 bridgehead atoms. The van der Waals surface area contributed by atoms with Gasteiger partial charge in [0.05, 0.1) is 11.7 Å². The zero-order valence-corrected chi connectivity index (χ0v) is 21.8. The predicted molar refractivity (Wildman–Crippen MR) is 115 cm³/mol. The molecule has 1 saturated heterocycles. The number of aliphatic carboxylic acids is 1. The van der Waals surface area contributed by atoms with Crippen LogP contribution >= 0.6 is 23.1 Å². The van der Waals surface area contributed by atoms with Crippen molar-refractivity contribution in [1.29, 1.82) is 0 Å². The third kappa shape index (κ3) is 4.77. The van der Waals surface area contributed by atoms with Crippen LogP contribution in [0.4, 0.5) is 5.13 Å². The number of esters is 1. The van der Waals surface area contributed by atoms with Gasteiger partial charge in [0.25, 0.3) is 11.8 Å². The molecule has 12 nitrogen and oxygen atoms in total. The van der Waals surface area contributed by atoms with E-state index < -0.39 is 35.2 Å². The number of hydrogen-bond donors (Lipinski definition) is 2. The van der Waals surface area contributed by atoms with Crippen molar-refractivity contribution in [2.45, 2.75) is 18.3 Å². The van der Waals surface area contributed by atoms with E-state index in [2.05, 4.69) is 15.5 Å². The number of carbonyl (C=O) groups is 4. The number of nitrogens with two attached hydrogens (primary N) is 1. The fourth-order valence-corrected chi connectivity index (χ4v) is 5.23. The monoisotopic (exact) mass is 513 g/mol. The summed E-state index contributed by atoms with van der Waals surface area (Å²) in [5.74, 6) is -3.11. The van der Waals surface area contributed by atoms with Crippen molar-refractivity contribution in [3.63, 3.8) is 0 Å². The summed E-state index contributed by atoms with van der Waals surface area (Å²) in [5, 5.41) is 19.1. The molecule has 2 atom stereocenters. The number of fused-ring (bicyclic) bond motifs is 1. The van der Waals surface area contributed by atoms with Crippen LogP contribution in [-0.4, -0.2) is 63.6 Å². The third-order valence-electron chi connectivity index (χ3n) is 4.85. The first-order chi connectivity index (χ1) is 15.7. The van der Waals surface area contributed by atoms with Gasteiger partial charge in [0.15, 0.2) is 10.8 Å². The maximum absolute atomic E-state index is 12.8. The number of ether oxygens (including phenoxy) is 1. The number of carboxylic acid groups (broad SMARTS) is 1. The standard InChI is InChI=1S/C19H17N5O7S2.Na/c1-7-3-9(31-18(7)29)4-8-5-32-16-12(15(26)24(16)13(8)17(27)28)22-14(25)11(23-30-2)10-6-33-19(20)21-10;/h3-4,6,12,16H,5H2,1-2H3,(H2,20,21)(H,22,25)(H,27,28);/q;+1/p-1/b9-4+,23-11-;/t12-,16+;/m1./s1. The number of oxime groups is 1. The molecule has 4 heterocycles. The van der Waals surface area contributed by atoms with Gasteiger partial charge in [-0.3, -0.25) is 14.5 Å². The number of nitrogens with zero attached hydrogens (tertiary/aromatic N) is 3. The van der Waals surface area contributed by atoms with Crippen molar-refractivity contribution >= 4 is 57.7 Å². The quantitative estimate of drug-likeness (QED) is 0.125. The number of thiazole rings is 1. The Morgan fingerprint density at radius 2 is 2.18 bits per heavy atom. The molecule has 3 N–H and O–H groups in total. The number of hydrogen-bond acceptors (Lipinski definition) is 12. The number of nitrogens with one attached hydrogen (secondary N) is 1. The topological polar surface area (TPSA) is 176 Å². The Bertz CT molecular complexity index is 1210. The first kappa shape index (κ1) is 26.0. The van der Waals surface area contributed by atoms with Crippen LogP contribution in [0.3, 0.4) is 0 Å². The van der Waals surface area contributed by atoms with E-state index in [0.717, 1.165) is 16.2 Å². The molecule has 1 aromatic rings. The van der Waals surface area contributed by atoms with E-state index in [0.29, 0.717) is 5.57 Å². The molecule has 2 amide bonds. The number of cyclic esters (lactones) is 1. The summed E-state index contributed by atoms with van der Waals surface area (Å²) in [6, 6.07) is -1.00. The summed E-state index contributed by atoms with van der Waals surface area (Å²) < 4.78 is 5.05. The first-order valence-corrected chi connectivity index (χ1v) is 11.3. The number of thioether (sulfide) groups is 1. The van der Waals surface area contributed by atoms with Crippen LogP contribution in [0, 0.1) is 0 Å². The van der Waals surface area contributed by atoms with E-state index >= 15 is 0 Å². The first-order valence-electron chi connectivity index (χ1n) is 9.36. The fraction of sp³-hybridized carbons (Fsp3) is 0.263. The average Bonchev–Trinajstić information content (AvgIpc) is 3.33. The zero-order chi connectivity index (χ0) is 23.9. The van der Waals surface area contributed by atoms with Crippen molar-refractivity contribution in [2.24, 2.45) is 5.16 Å². The molecule has 0 radical (unpaired) electrons. The number of carboxylic acids is 1. The summed E-state index contributed by atoms with van der Waals surface area (Å²) in [7, 11) is 1.25. The Hall–Kier alpha value is -2.65. The number of rotatable bonds is 6. The Balaban J connectivity index is 0.00000324. The van der Waals surface area contributed by atoms with Gasteiger partial charge in [-0.1, -0.05) is 5.16 Å². The predicted octanol–water partition coefficient (Wildman–Crippen LogP) is -4.13. The second-order valence-corrected chi connectivity index (χ2v) is 8.97. The van der Waals surface area contributed by atoms with Crippen molar-refractivity contribution in [2.75, 3.05) is 18.6 Å². The second kappa shape index (κ2) is 10.3. The Labute approximate surface area is 223 Å². The largest absolute Gasteiger partial charge is 1.00 e. The molecule has 0 saturated carbocycles. The van der Waals surface area contributed by atoms with Gasteiger partial charge in [-0.2, -0.15) is 0 Å². The number of allylic oxidation sites excluding steroid dienone is 2. The normalized spacial score (nSPS) is 23.0. The molecule has 172 valence electrons. The molecule has 1 fully saturated rings. The smallest absolute Gasteiger partial charge is 0.543 e. The van der Waals surface area contributed by atoms with Gasteiger partial charge in [0.1, 0.15) is 30.0 Å². The van der Waals surface area contributed by atoms with Crippen molar-refractivity contribution < 1.29 is 63.4 Å². The molecule has 34 heavy (non-hydrogen) atoms. The molecule has 3 aliphatic heterocycles. The van der Waals surface area contributed by atoms with Crippen molar-refractivity contribution in [3.05, 3.63) is 45.8 Å².